The number of carbonyl (C=O) groups is 3. The van der Waals surface area contributed by atoms with Crippen LogP contribution in [0.25, 0.3) is 0 Å². The van der Waals surface area contributed by atoms with Crippen LogP contribution in [0.3, 0.4) is 0 Å². The van der Waals surface area contributed by atoms with Crippen molar-refractivity contribution in [3.8, 4) is 23.0 Å². The normalized spacial score (nSPS) is 14.3. The van der Waals surface area contributed by atoms with Crippen LogP contribution in [0.15, 0.2) is 42.5 Å². The molecule has 0 aromatic heterocycles. The summed E-state index contributed by atoms with van der Waals surface area (Å²) in [6, 6.07) is 7.90. The van der Waals surface area contributed by atoms with Crippen LogP contribution in [-0.4, -0.2) is 35.0 Å². The molecule has 2 aromatic rings. The molecule has 2 aromatic carbocycles. The zero-order valence-electron chi connectivity index (χ0n) is 14.1. The van der Waals surface area contributed by atoms with Crippen LogP contribution in [0.1, 0.15) is 21.5 Å². The van der Waals surface area contributed by atoms with Crippen molar-refractivity contribution in [3.05, 3.63) is 59.2 Å². The maximum atomic E-state index is 13.0. The minimum Gasteiger partial charge on any atom is -0.507 e. The Morgan fingerprint density at radius 2 is 1.63 bits per heavy atom. The van der Waals surface area contributed by atoms with Crippen molar-refractivity contribution in [3.63, 3.8) is 0 Å². The Labute approximate surface area is 153 Å². The van der Waals surface area contributed by atoms with Gasteiger partial charge >= 0.3 is 11.9 Å². The summed E-state index contributed by atoms with van der Waals surface area (Å²) < 4.78 is 15.4. The number of esters is 2. The van der Waals surface area contributed by atoms with Crippen molar-refractivity contribution < 1.29 is 38.8 Å². The molecule has 27 heavy (non-hydrogen) atoms. The molecule has 0 saturated carbocycles. The smallest absolute Gasteiger partial charge is 0.336 e. The van der Waals surface area contributed by atoms with Gasteiger partial charge in [-0.25, -0.2) is 9.59 Å². The number of benzene rings is 2. The lowest BCUT2D eigenvalue weighted by molar-refractivity contribution is -0.133. The lowest BCUT2D eigenvalue weighted by atomic mass is 9.97. The summed E-state index contributed by atoms with van der Waals surface area (Å²) in [7, 11) is 1.21. The lowest BCUT2D eigenvalue weighted by Gasteiger charge is -2.21. The summed E-state index contributed by atoms with van der Waals surface area (Å²) in [6.07, 6.45) is 1.67. The maximum absolute atomic E-state index is 13.0. The van der Waals surface area contributed by atoms with Gasteiger partial charge < -0.3 is 24.4 Å². The van der Waals surface area contributed by atoms with Gasteiger partial charge in [0.1, 0.15) is 11.3 Å². The second-order valence-electron chi connectivity index (χ2n) is 5.42. The second kappa shape index (κ2) is 7.30. The third-order valence-corrected chi connectivity index (χ3v) is 3.82. The molecule has 1 heterocycles. The summed E-state index contributed by atoms with van der Waals surface area (Å²) in [5.41, 5.74) is -0.439. The van der Waals surface area contributed by atoms with Crippen LogP contribution in [0.2, 0.25) is 0 Å². The summed E-state index contributed by atoms with van der Waals surface area (Å²) >= 11 is 0. The molecule has 3 rings (SSSR count). The first kappa shape index (κ1) is 18.2. The first-order valence-electron chi connectivity index (χ1n) is 7.76. The van der Waals surface area contributed by atoms with Gasteiger partial charge in [0.2, 0.25) is 11.5 Å². The molecule has 138 valence electrons. The average Bonchev–Trinajstić information content (AvgIpc) is 2.67. The van der Waals surface area contributed by atoms with Crippen molar-refractivity contribution in [2.75, 3.05) is 7.11 Å². The maximum Gasteiger partial charge on any atom is 0.336 e. The predicted octanol–water partition coefficient (Wildman–Crippen LogP) is 1.50. The van der Waals surface area contributed by atoms with Gasteiger partial charge in [0.05, 0.1) is 19.3 Å². The molecule has 0 saturated heterocycles. The third kappa shape index (κ3) is 3.25. The number of aliphatic hydroxyl groups excluding tert-OH is 1. The van der Waals surface area contributed by atoms with E-state index in [1.54, 1.807) is 18.2 Å². The molecule has 0 fully saturated rings. The van der Waals surface area contributed by atoms with Crippen molar-refractivity contribution in [1.82, 2.24) is 0 Å². The molecule has 1 aliphatic rings. The van der Waals surface area contributed by atoms with E-state index >= 15 is 0 Å². The van der Waals surface area contributed by atoms with Gasteiger partial charge in [0.25, 0.3) is 0 Å². The highest BCUT2D eigenvalue weighted by Crippen LogP contribution is 2.49. The van der Waals surface area contributed by atoms with Crippen molar-refractivity contribution in [2.45, 2.75) is 6.61 Å². The number of rotatable bonds is 4. The van der Waals surface area contributed by atoms with E-state index in [9.17, 15) is 24.6 Å². The fraction of sp³-hybridized carbons (Fsp3) is 0.105. The molecular formula is C19H14O8. The number of aromatic hydroxyl groups is 1. The average molecular weight is 370 g/mol. The molecule has 0 amide bonds. The van der Waals surface area contributed by atoms with Gasteiger partial charge in [-0.05, 0) is 0 Å². The van der Waals surface area contributed by atoms with Crippen LogP contribution in [0.4, 0.5) is 0 Å². The van der Waals surface area contributed by atoms with E-state index in [0.717, 1.165) is 12.2 Å². The van der Waals surface area contributed by atoms with Gasteiger partial charge in [-0.1, -0.05) is 30.3 Å². The number of aliphatic hydroxyl groups is 1. The molecule has 0 radical (unpaired) electrons. The van der Waals surface area contributed by atoms with Gasteiger partial charge in [0, 0.05) is 17.7 Å². The highest BCUT2D eigenvalue weighted by Gasteiger charge is 2.33. The molecule has 0 spiro atoms. The Kier molecular flexibility index (Phi) is 4.91. The number of fused-ring (bicyclic) bond motifs is 1. The van der Waals surface area contributed by atoms with Crippen molar-refractivity contribution in [1.29, 1.82) is 0 Å². The molecule has 2 N–H and O–H groups in total. The number of ketones is 1. The van der Waals surface area contributed by atoms with E-state index in [4.69, 9.17) is 14.2 Å². The van der Waals surface area contributed by atoms with Crippen molar-refractivity contribution in [2.24, 2.45) is 0 Å². The van der Waals surface area contributed by atoms with E-state index < -0.39 is 41.4 Å². The standard InChI is InChI=1S/C19H14O8/c1-25-17-11(9-20)16(24)14(15(23)10-5-3-2-4-6-10)18-19(17)27-13(22)8-7-12(21)26-18/h2-8,20,24H,9H2,1H3/b8-7-. The third-order valence-electron chi connectivity index (χ3n) is 3.82. The molecule has 1 aliphatic heterocycles. The van der Waals surface area contributed by atoms with E-state index in [1.807, 2.05) is 0 Å². The second-order valence-corrected chi connectivity index (χ2v) is 5.42. The van der Waals surface area contributed by atoms with Gasteiger partial charge in [-0.3, -0.25) is 4.79 Å². The first-order chi connectivity index (χ1) is 13.0. The molecular weight excluding hydrogens is 356 g/mol. The van der Waals surface area contributed by atoms with Crippen LogP contribution >= 0.6 is 0 Å². The quantitative estimate of drug-likeness (QED) is 0.472. The molecule has 0 unspecified atom stereocenters. The van der Waals surface area contributed by atoms with Gasteiger partial charge in [0.15, 0.2) is 11.5 Å². The van der Waals surface area contributed by atoms with E-state index in [0.29, 0.717) is 0 Å². The Hall–Kier alpha value is -3.65. The Balaban J connectivity index is 2.35. The highest BCUT2D eigenvalue weighted by atomic mass is 16.6. The SMILES string of the molecule is COc1c(CO)c(O)c(C(=O)c2ccccc2)c2c1OC(=O)/C=C\C(=O)O2. The Morgan fingerprint density at radius 1 is 1.04 bits per heavy atom. The topological polar surface area (TPSA) is 119 Å². The number of hydrogen-bond acceptors (Lipinski definition) is 8. The summed E-state index contributed by atoms with van der Waals surface area (Å²) in [6.45, 7) is -0.724. The number of ether oxygens (including phenoxy) is 3. The number of carbonyl (C=O) groups excluding carboxylic acids is 3. The van der Waals surface area contributed by atoms with E-state index in [-0.39, 0.29) is 22.6 Å². The Morgan fingerprint density at radius 3 is 2.19 bits per heavy atom. The highest BCUT2D eigenvalue weighted by molar-refractivity contribution is 6.14. The van der Waals surface area contributed by atoms with E-state index in [2.05, 4.69) is 0 Å². The minimum absolute atomic E-state index is 0.184. The van der Waals surface area contributed by atoms with Crippen molar-refractivity contribution >= 4 is 17.7 Å². The number of hydrogen-bond donors (Lipinski definition) is 2. The summed E-state index contributed by atoms with van der Waals surface area (Å²) in [4.78, 5) is 36.7. The number of methoxy groups -OCH3 is 1. The summed E-state index contributed by atoms with van der Waals surface area (Å²) in [5, 5.41) is 20.2. The zero-order chi connectivity index (χ0) is 19.6. The first-order valence-corrected chi connectivity index (χ1v) is 7.76. The van der Waals surface area contributed by atoms with Crippen LogP contribution < -0.4 is 14.2 Å². The molecule has 0 aliphatic carbocycles. The molecule has 8 heteroatoms. The largest absolute Gasteiger partial charge is 0.507 e. The zero-order valence-corrected chi connectivity index (χ0v) is 14.1. The summed E-state index contributed by atoms with van der Waals surface area (Å²) in [5.74, 6) is -4.30. The van der Waals surface area contributed by atoms with Crippen LogP contribution in [0.5, 0.6) is 23.0 Å². The fourth-order valence-corrected chi connectivity index (χ4v) is 2.62. The lowest BCUT2D eigenvalue weighted by Crippen LogP contribution is -2.18. The van der Waals surface area contributed by atoms with Crippen LogP contribution in [-0.2, 0) is 16.2 Å². The fourth-order valence-electron chi connectivity index (χ4n) is 2.62. The van der Waals surface area contributed by atoms with Gasteiger partial charge in [-0.15, -0.1) is 0 Å². The molecule has 0 atom stereocenters. The Bertz CT molecular complexity index is 960. The van der Waals surface area contributed by atoms with Gasteiger partial charge in [-0.2, -0.15) is 0 Å². The van der Waals surface area contributed by atoms with Crippen LogP contribution in [0, 0.1) is 0 Å². The molecule has 8 nitrogen and oxygen atoms in total. The monoisotopic (exact) mass is 370 g/mol. The number of phenols is 1. The van der Waals surface area contributed by atoms with E-state index in [1.165, 1.54) is 19.2 Å². The molecule has 0 bridgehead atoms. The minimum atomic E-state index is -0.951. The predicted molar refractivity (Wildman–Crippen MR) is 90.9 cm³/mol.